The number of hydrogen-bond donors (Lipinski definition) is 8. The van der Waals surface area contributed by atoms with Crippen LogP contribution in [0.4, 0.5) is 0 Å². The van der Waals surface area contributed by atoms with Crippen molar-refractivity contribution in [2.24, 2.45) is 5.92 Å². The molecule has 0 spiro atoms. The van der Waals surface area contributed by atoms with Crippen LogP contribution >= 0.6 is 0 Å². The molecule has 0 aromatic heterocycles. The van der Waals surface area contributed by atoms with Gasteiger partial charge in [-0.05, 0) is 17.7 Å². The maximum absolute atomic E-state index is 13.2. The van der Waals surface area contributed by atoms with E-state index in [1.807, 2.05) is 0 Å². The number of aliphatic hydroxyl groups is 4. The molecule has 4 rings (SSSR count). The zero-order chi connectivity index (χ0) is 24.2. The molecule has 11 nitrogen and oxygen atoms in total. The van der Waals surface area contributed by atoms with Gasteiger partial charge in [0, 0.05) is 6.07 Å². The van der Waals surface area contributed by atoms with E-state index in [1.54, 1.807) is 0 Å². The molecule has 1 saturated heterocycles. The lowest BCUT2D eigenvalue weighted by Crippen LogP contribution is -2.55. The van der Waals surface area contributed by atoms with Crippen LogP contribution in [0.15, 0.2) is 24.3 Å². The number of hydrogen-bond acceptors (Lipinski definition) is 11. The highest BCUT2D eigenvalue weighted by atomic mass is 16.5. The normalized spacial score (nSPS) is 31.7. The quantitative estimate of drug-likeness (QED) is 0.284. The standard InChI is InChI=1S/C22H24O11/c1-7-16(27)15-12(32-21(7)8-2-3-9(24)10(25)4-8)5-11(26)14(18(15)29)22-20(31)19(30)17(28)13(6-23)33-22/h2-5,7,13,17,19-26,28-31H,6H2,1H3/t7-,13?,17?,19?,20?,21-,22?/m0/s1. The lowest BCUT2D eigenvalue weighted by molar-refractivity contribution is -0.232. The third kappa shape index (κ3) is 3.63. The van der Waals surface area contributed by atoms with E-state index in [0.717, 1.165) is 6.07 Å². The molecule has 0 saturated carbocycles. The van der Waals surface area contributed by atoms with Gasteiger partial charge in [-0.3, -0.25) is 4.79 Å². The molecule has 1 fully saturated rings. The molecule has 0 bridgehead atoms. The van der Waals surface area contributed by atoms with Gasteiger partial charge in [0.15, 0.2) is 17.3 Å². The van der Waals surface area contributed by atoms with Crippen molar-refractivity contribution in [3.63, 3.8) is 0 Å². The summed E-state index contributed by atoms with van der Waals surface area (Å²) < 4.78 is 11.3. The number of phenols is 4. The van der Waals surface area contributed by atoms with Gasteiger partial charge in [-0.15, -0.1) is 0 Å². The van der Waals surface area contributed by atoms with Crippen molar-refractivity contribution >= 4 is 5.78 Å². The molecule has 0 radical (unpaired) electrons. The third-order valence-electron chi connectivity index (χ3n) is 6.15. The Morgan fingerprint density at radius 2 is 1.58 bits per heavy atom. The number of phenolic OH excluding ortho intramolecular Hbond substituents is 4. The molecule has 178 valence electrons. The first-order valence-corrected chi connectivity index (χ1v) is 10.2. The fraction of sp³-hybridized carbons (Fsp3) is 0.409. The number of fused-ring (bicyclic) bond motifs is 1. The van der Waals surface area contributed by atoms with Gasteiger partial charge in [0.1, 0.15) is 59.4 Å². The van der Waals surface area contributed by atoms with Crippen LogP contribution in [-0.2, 0) is 4.74 Å². The topological polar surface area (TPSA) is 197 Å². The van der Waals surface area contributed by atoms with Gasteiger partial charge in [-0.25, -0.2) is 0 Å². The van der Waals surface area contributed by atoms with Gasteiger partial charge >= 0.3 is 0 Å². The molecule has 11 heteroatoms. The first-order valence-electron chi connectivity index (χ1n) is 10.2. The van der Waals surface area contributed by atoms with Crippen LogP contribution in [0.25, 0.3) is 0 Å². The summed E-state index contributed by atoms with van der Waals surface area (Å²) in [5.41, 5.74) is -0.323. The van der Waals surface area contributed by atoms with Crippen molar-refractivity contribution in [1.82, 2.24) is 0 Å². The maximum Gasteiger partial charge on any atom is 0.177 e. The van der Waals surface area contributed by atoms with Crippen LogP contribution in [0.5, 0.6) is 28.7 Å². The maximum atomic E-state index is 13.2. The molecular formula is C22H24O11. The number of rotatable bonds is 3. The van der Waals surface area contributed by atoms with E-state index in [2.05, 4.69) is 0 Å². The SMILES string of the molecule is C[C@H]1C(=O)c2c(cc(O)c(C3OC(CO)C(O)C(O)C3O)c2O)O[C@@H]1c1ccc(O)c(O)c1. The summed E-state index contributed by atoms with van der Waals surface area (Å²) in [6, 6.07) is 4.97. The second-order valence-electron chi connectivity index (χ2n) is 8.22. The Hall–Kier alpha value is -3.09. The lowest BCUT2D eigenvalue weighted by Gasteiger charge is -2.41. The molecule has 2 aromatic rings. The minimum atomic E-state index is -1.79. The second-order valence-corrected chi connectivity index (χ2v) is 8.22. The number of Topliss-reactive ketones (excluding diaryl/α,β-unsaturated/α-hetero) is 1. The number of ether oxygens (including phenoxy) is 2. The predicted octanol–water partition coefficient (Wildman–Crippen LogP) is -0.0236. The number of aromatic hydroxyl groups is 4. The molecule has 2 heterocycles. The predicted molar refractivity (Wildman–Crippen MR) is 109 cm³/mol. The molecule has 2 aliphatic heterocycles. The van der Waals surface area contributed by atoms with E-state index in [4.69, 9.17) is 9.47 Å². The summed E-state index contributed by atoms with van der Waals surface area (Å²) in [4.78, 5) is 13.2. The average Bonchev–Trinajstić information content (AvgIpc) is 2.77. The summed E-state index contributed by atoms with van der Waals surface area (Å²) in [6.07, 6.45) is -8.96. The molecule has 8 N–H and O–H groups in total. The minimum absolute atomic E-state index is 0.168. The summed E-state index contributed by atoms with van der Waals surface area (Å²) in [5.74, 6) is -3.72. The zero-order valence-electron chi connectivity index (χ0n) is 17.4. The Morgan fingerprint density at radius 3 is 2.21 bits per heavy atom. The van der Waals surface area contributed by atoms with Crippen molar-refractivity contribution in [3.05, 3.63) is 41.0 Å². The van der Waals surface area contributed by atoms with Crippen molar-refractivity contribution in [2.75, 3.05) is 6.61 Å². The van der Waals surface area contributed by atoms with E-state index in [1.165, 1.54) is 25.1 Å². The number of ketones is 1. The smallest absolute Gasteiger partial charge is 0.177 e. The van der Waals surface area contributed by atoms with Gasteiger partial charge in [0.2, 0.25) is 0 Å². The van der Waals surface area contributed by atoms with Crippen molar-refractivity contribution in [1.29, 1.82) is 0 Å². The summed E-state index contributed by atoms with van der Waals surface area (Å²) >= 11 is 0. The van der Waals surface area contributed by atoms with Crippen LogP contribution in [0.1, 0.15) is 40.6 Å². The summed E-state index contributed by atoms with van der Waals surface area (Å²) in [7, 11) is 0. The minimum Gasteiger partial charge on any atom is -0.507 e. The molecular weight excluding hydrogens is 440 g/mol. The van der Waals surface area contributed by atoms with Gasteiger partial charge in [0.25, 0.3) is 0 Å². The molecule has 2 aromatic carbocycles. The van der Waals surface area contributed by atoms with Crippen LogP contribution in [-0.4, -0.2) is 77.7 Å². The lowest BCUT2D eigenvalue weighted by atomic mass is 9.83. The zero-order valence-corrected chi connectivity index (χ0v) is 17.4. The largest absolute Gasteiger partial charge is 0.507 e. The van der Waals surface area contributed by atoms with E-state index >= 15 is 0 Å². The Bertz CT molecular complexity index is 1080. The van der Waals surface area contributed by atoms with Crippen LogP contribution in [0, 0.1) is 5.92 Å². The van der Waals surface area contributed by atoms with Crippen LogP contribution in [0.2, 0.25) is 0 Å². The first-order chi connectivity index (χ1) is 15.6. The number of carbonyl (C=O) groups excluding carboxylic acids is 1. The van der Waals surface area contributed by atoms with E-state index in [0.29, 0.717) is 5.56 Å². The van der Waals surface area contributed by atoms with E-state index in [-0.39, 0.29) is 17.1 Å². The van der Waals surface area contributed by atoms with E-state index in [9.17, 15) is 45.6 Å². The Labute approximate surface area is 187 Å². The van der Waals surface area contributed by atoms with Crippen molar-refractivity contribution in [3.8, 4) is 28.7 Å². The van der Waals surface area contributed by atoms with Crippen LogP contribution < -0.4 is 4.74 Å². The number of benzene rings is 2. The Kier molecular flexibility index (Phi) is 5.85. The van der Waals surface area contributed by atoms with Gasteiger partial charge in [-0.2, -0.15) is 0 Å². The Balaban J connectivity index is 1.77. The number of aliphatic hydroxyl groups excluding tert-OH is 4. The molecule has 0 aliphatic carbocycles. The molecule has 2 aliphatic rings. The monoisotopic (exact) mass is 464 g/mol. The first kappa shape index (κ1) is 23.1. The summed E-state index contributed by atoms with van der Waals surface area (Å²) in [5, 5.41) is 80.6. The van der Waals surface area contributed by atoms with Gasteiger partial charge < -0.3 is 50.3 Å². The van der Waals surface area contributed by atoms with Crippen LogP contribution in [0.3, 0.4) is 0 Å². The van der Waals surface area contributed by atoms with Gasteiger partial charge in [-0.1, -0.05) is 13.0 Å². The van der Waals surface area contributed by atoms with E-state index < -0.39 is 77.7 Å². The summed E-state index contributed by atoms with van der Waals surface area (Å²) in [6.45, 7) is 0.813. The molecule has 5 unspecified atom stereocenters. The second kappa shape index (κ2) is 8.36. The molecule has 7 atom stereocenters. The highest BCUT2D eigenvalue weighted by Gasteiger charge is 2.47. The van der Waals surface area contributed by atoms with Gasteiger partial charge in [0.05, 0.1) is 18.1 Å². The fourth-order valence-electron chi connectivity index (χ4n) is 4.28. The molecule has 0 amide bonds. The molecule has 33 heavy (non-hydrogen) atoms. The fourth-order valence-corrected chi connectivity index (χ4v) is 4.28. The average molecular weight is 464 g/mol. The highest BCUT2D eigenvalue weighted by molar-refractivity contribution is 6.04. The van der Waals surface area contributed by atoms with Crippen molar-refractivity contribution < 1.29 is 55.1 Å². The Morgan fingerprint density at radius 1 is 0.879 bits per heavy atom. The highest BCUT2D eigenvalue weighted by Crippen LogP contribution is 2.50. The number of carbonyl (C=O) groups is 1. The van der Waals surface area contributed by atoms with Crippen molar-refractivity contribution in [2.45, 2.75) is 43.5 Å². The third-order valence-corrected chi connectivity index (χ3v) is 6.15.